The van der Waals surface area contributed by atoms with Crippen LogP contribution in [0.15, 0.2) is 30.3 Å². The van der Waals surface area contributed by atoms with Gasteiger partial charge in [-0.3, -0.25) is 4.79 Å². The van der Waals surface area contributed by atoms with Crippen molar-refractivity contribution in [2.45, 2.75) is 12.3 Å². The quantitative estimate of drug-likeness (QED) is 0.779. The SMILES string of the molecule is O=C(CCl)NC[C@H]1C[C@@H]1c1ccccc1. The molecule has 1 saturated carbocycles. The van der Waals surface area contributed by atoms with E-state index in [2.05, 4.69) is 29.6 Å². The highest BCUT2D eigenvalue weighted by Crippen LogP contribution is 2.46. The number of halogens is 1. The zero-order valence-electron chi connectivity index (χ0n) is 8.45. The van der Waals surface area contributed by atoms with Gasteiger partial charge in [-0.2, -0.15) is 0 Å². The highest BCUT2D eigenvalue weighted by molar-refractivity contribution is 6.27. The normalized spacial score (nSPS) is 23.5. The Bertz CT molecular complexity index is 339. The molecule has 0 heterocycles. The molecule has 15 heavy (non-hydrogen) atoms. The molecule has 0 aliphatic heterocycles. The lowest BCUT2D eigenvalue weighted by Gasteiger charge is -2.02. The summed E-state index contributed by atoms with van der Waals surface area (Å²) in [4.78, 5) is 10.9. The average molecular weight is 224 g/mol. The number of amides is 1. The van der Waals surface area contributed by atoms with Gasteiger partial charge < -0.3 is 5.32 Å². The third kappa shape index (κ3) is 2.72. The highest BCUT2D eigenvalue weighted by atomic mass is 35.5. The largest absolute Gasteiger partial charge is 0.355 e. The van der Waals surface area contributed by atoms with Crippen molar-refractivity contribution in [2.75, 3.05) is 12.4 Å². The van der Waals surface area contributed by atoms with Gasteiger partial charge in [0.2, 0.25) is 5.91 Å². The summed E-state index contributed by atoms with van der Waals surface area (Å²) in [5.41, 5.74) is 1.38. The van der Waals surface area contributed by atoms with Gasteiger partial charge in [0.05, 0.1) is 0 Å². The van der Waals surface area contributed by atoms with Crippen molar-refractivity contribution in [3.05, 3.63) is 35.9 Å². The second-order valence-electron chi connectivity index (χ2n) is 3.95. The number of carbonyl (C=O) groups is 1. The molecule has 1 aromatic rings. The second kappa shape index (κ2) is 4.67. The number of carbonyl (C=O) groups excluding carboxylic acids is 1. The smallest absolute Gasteiger partial charge is 0.234 e. The molecule has 0 unspecified atom stereocenters. The van der Waals surface area contributed by atoms with Gasteiger partial charge in [0.15, 0.2) is 0 Å². The minimum Gasteiger partial charge on any atom is -0.355 e. The summed E-state index contributed by atoms with van der Waals surface area (Å²) in [5.74, 6) is 1.21. The van der Waals surface area contributed by atoms with E-state index in [-0.39, 0.29) is 11.8 Å². The lowest BCUT2D eigenvalue weighted by molar-refractivity contribution is -0.118. The number of nitrogens with one attached hydrogen (secondary N) is 1. The van der Waals surface area contributed by atoms with Crippen molar-refractivity contribution in [1.82, 2.24) is 5.32 Å². The molecule has 1 amide bonds. The summed E-state index contributed by atoms with van der Waals surface area (Å²) in [6, 6.07) is 10.4. The number of hydrogen-bond donors (Lipinski definition) is 1. The molecular weight excluding hydrogens is 210 g/mol. The molecule has 1 fully saturated rings. The van der Waals surface area contributed by atoms with Crippen LogP contribution in [0, 0.1) is 5.92 Å². The van der Waals surface area contributed by atoms with Crippen LogP contribution in [0.2, 0.25) is 0 Å². The summed E-state index contributed by atoms with van der Waals surface area (Å²) in [5, 5.41) is 2.82. The van der Waals surface area contributed by atoms with E-state index in [0.29, 0.717) is 11.8 Å². The molecule has 1 N–H and O–H groups in total. The van der Waals surface area contributed by atoms with Crippen LogP contribution in [0.1, 0.15) is 17.9 Å². The van der Waals surface area contributed by atoms with E-state index < -0.39 is 0 Å². The minimum absolute atomic E-state index is 0.0583. The molecule has 3 heteroatoms. The third-order valence-corrected chi connectivity index (χ3v) is 3.08. The van der Waals surface area contributed by atoms with Crippen LogP contribution < -0.4 is 5.32 Å². The summed E-state index contributed by atoms with van der Waals surface area (Å²) in [6.07, 6.45) is 1.17. The standard InChI is InChI=1S/C12H14ClNO/c13-7-12(15)14-8-10-6-11(10)9-4-2-1-3-5-9/h1-5,10-11H,6-8H2,(H,14,15)/t10-,11-/m1/s1. The molecule has 80 valence electrons. The first-order valence-corrected chi connectivity index (χ1v) is 5.72. The van der Waals surface area contributed by atoms with Crippen LogP contribution in [-0.2, 0) is 4.79 Å². The lowest BCUT2D eigenvalue weighted by atomic mass is 10.1. The maximum absolute atomic E-state index is 10.9. The molecule has 2 nitrogen and oxygen atoms in total. The van der Waals surface area contributed by atoms with Crippen LogP contribution in [0.4, 0.5) is 0 Å². The van der Waals surface area contributed by atoms with Crippen molar-refractivity contribution < 1.29 is 4.79 Å². The van der Waals surface area contributed by atoms with Gasteiger partial charge in [-0.25, -0.2) is 0 Å². The number of rotatable bonds is 4. The molecule has 0 bridgehead atoms. The first kappa shape index (κ1) is 10.5. The van der Waals surface area contributed by atoms with Crippen LogP contribution in [-0.4, -0.2) is 18.3 Å². The number of benzene rings is 1. The van der Waals surface area contributed by atoms with Crippen LogP contribution in [0.5, 0.6) is 0 Å². The first-order valence-electron chi connectivity index (χ1n) is 5.19. The van der Waals surface area contributed by atoms with Gasteiger partial charge in [0.25, 0.3) is 0 Å². The Morgan fingerprint density at radius 2 is 2.13 bits per heavy atom. The molecule has 1 aliphatic carbocycles. The summed E-state index contributed by atoms with van der Waals surface area (Å²) < 4.78 is 0. The molecule has 0 spiro atoms. The first-order chi connectivity index (χ1) is 7.31. The fourth-order valence-electron chi connectivity index (χ4n) is 1.87. The average Bonchev–Trinajstić information content (AvgIpc) is 3.06. The second-order valence-corrected chi connectivity index (χ2v) is 4.22. The van der Waals surface area contributed by atoms with Crippen molar-refractivity contribution in [3.8, 4) is 0 Å². The Hall–Kier alpha value is -1.02. The lowest BCUT2D eigenvalue weighted by Crippen LogP contribution is -2.26. The molecule has 0 aromatic heterocycles. The molecule has 1 aromatic carbocycles. The van der Waals surface area contributed by atoms with Gasteiger partial charge in [-0.15, -0.1) is 11.6 Å². The molecule has 0 saturated heterocycles. The Labute approximate surface area is 94.6 Å². The minimum atomic E-state index is -0.0737. The van der Waals surface area contributed by atoms with E-state index >= 15 is 0 Å². The molecule has 2 atom stereocenters. The third-order valence-electron chi connectivity index (χ3n) is 2.83. The van der Waals surface area contributed by atoms with E-state index in [0.717, 1.165) is 6.54 Å². The summed E-state index contributed by atoms with van der Waals surface area (Å²) in [6.45, 7) is 0.755. The monoisotopic (exact) mass is 223 g/mol. The van der Waals surface area contributed by atoms with E-state index in [1.54, 1.807) is 0 Å². The molecule has 1 aliphatic rings. The highest BCUT2D eigenvalue weighted by Gasteiger charge is 2.37. The van der Waals surface area contributed by atoms with E-state index in [9.17, 15) is 4.79 Å². The predicted molar refractivity (Wildman–Crippen MR) is 61.0 cm³/mol. The van der Waals surface area contributed by atoms with Gasteiger partial charge in [0.1, 0.15) is 5.88 Å². The Morgan fingerprint density at radius 3 is 2.80 bits per heavy atom. The van der Waals surface area contributed by atoms with E-state index in [1.165, 1.54) is 12.0 Å². The number of alkyl halides is 1. The van der Waals surface area contributed by atoms with Crippen molar-refractivity contribution in [3.63, 3.8) is 0 Å². The van der Waals surface area contributed by atoms with Crippen molar-refractivity contribution in [1.29, 1.82) is 0 Å². The Kier molecular flexibility index (Phi) is 3.27. The maximum Gasteiger partial charge on any atom is 0.234 e. The summed E-state index contributed by atoms with van der Waals surface area (Å²) >= 11 is 5.40. The van der Waals surface area contributed by atoms with E-state index in [4.69, 9.17) is 11.6 Å². The van der Waals surface area contributed by atoms with Gasteiger partial charge in [0, 0.05) is 6.54 Å². The molecule has 0 radical (unpaired) electrons. The Morgan fingerprint density at radius 1 is 1.40 bits per heavy atom. The van der Waals surface area contributed by atoms with Gasteiger partial charge >= 0.3 is 0 Å². The van der Waals surface area contributed by atoms with E-state index in [1.807, 2.05) is 6.07 Å². The molecule has 2 rings (SSSR count). The van der Waals surface area contributed by atoms with Crippen LogP contribution in [0.25, 0.3) is 0 Å². The maximum atomic E-state index is 10.9. The zero-order valence-corrected chi connectivity index (χ0v) is 9.20. The van der Waals surface area contributed by atoms with Crippen molar-refractivity contribution >= 4 is 17.5 Å². The van der Waals surface area contributed by atoms with Crippen molar-refractivity contribution in [2.24, 2.45) is 5.92 Å². The number of hydrogen-bond acceptors (Lipinski definition) is 1. The molecular formula is C12H14ClNO. The Balaban J connectivity index is 1.79. The fourth-order valence-corrected chi connectivity index (χ4v) is 1.97. The fraction of sp³-hybridized carbons (Fsp3) is 0.417. The van der Waals surface area contributed by atoms with Crippen LogP contribution >= 0.6 is 11.6 Å². The van der Waals surface area contributed by atoms with Gasteiger partial charge in [-0.05, 0) is 23.8 Å². The zero-order chi connectivity index (χ0) is 10.7. The van der Waals surface area contributed by atoms with Crippen LogP contribution in [0.3, 0.4) is 0 Å². The predicted octanol–water partition coefficient (Wildman–Crippen LogP) is 2.15. The van der Waals surface area contributed by atoms with Gasteiger partial charge in [-0.1, -0.05) is 30.3 Å². The summed E-state index contributed by atoms with van der Waals surface area (Å²) in [7, 11) is 0. The topological polar surface area (TPSA) is 29.1 Å².